The first-order valence-electron chi connectivity index (χ1n) is 23.8. The number of ether oxygens (including phenoxy) is 3. The highest BCUT2D eigenvalue weighted by atomic mass is 16.5. The Morgan fingerprint density at radius 1 is 0.436 bits per heavy atom. The topological polar surface area (TPSA) is 65.1 Å². The van der Waals surface area contributed by atoms with Crippen molar-refractivity contribution in [2.45, 2.75) is 243 Å². The van der Waals surface area contributed by atoms with E-state index in [0.717, 1.165) is 64.5 Å². The summed E-state index contributed by atoms with van der Waals surface area (Å²) in [5.74, 6) is 3.43. The molecule has 6 heteroatoms. The molecule has 0 N–H and O–H groups in total. The summed E-state index contributed by atoms with van der Waals surface area (Å²) in [7, 11) is 0. The van der Waals surface area contributed by atoms with Crippen molar-refractivity contribution in [2.24, 2.45) is 35.5 Å². The molecule has 0 aromatic heterocycles. The Bertz CT molecular complexity index is 819. The molecule has 0 radical (unpaired) electrons. The lowest BCUT2D eigenvalue weighted by atomic mass is 9.89. The van der Waals surface area contributed by atoms with Crippen LogP contribution in [0, 0.1) is 35.5 Å². The number of hydrogen-bond donors (Lipinski definition) is 0. The van der Waals surface area contributed by atoms with Crippen LogP contribution in [0.5, 0.6) is 0 Å². The van der Waals surface area contributed by atoms with Crippen molar-refractivity contribution >= 4 is 11.9 Å². The van der Waals surface area contributed by atoms with E-state index < -0.39 is 0 Å². The third-order valence-electron chi connectivity index (χ3n) is 11.9. The maximum absolute atomic E-state index is 12.3. The number of carbonyl (C=O) groups is 2. The fourth-order valence-corrected chi connectivity index (χ4v) is 7.66. The van der Waals surface area contributed by atoms with Gasteiger partial charge in [0.15, 0.2) is 0 Å². The van der Waals surface area contributed by atoms with Crippen LogP contribution in [0.4, 0.5) is 0 Å². The van der Waals surface area contributed by atoms with Crippen LogP contribution in [-0.4, -0.2) is 61.4 Å². The molecule has 0 aliphatic carbocycles. The fourth-order valence-electron chi connectivity index (χ4n) is 7.66. The molecule has 328 valence electrons. The molecule has 55 heavy (non-hydrogen) atoms. The molecule has 0 aromatic rings. The second-order valence-corrected chi connectivity index (χ2v) is 19.3. The molecule has 0 aliphatic heterocycles. The van der Waals surface area contributed by atoms with Crippen molar-refractivity contribution in [2.75, 3.05) is 26.4 Å². The number of unbranched alkanes of at least 4 members (excludes halogenated alkanes) is 12. The van der Waals surface area contributed by atoms with Gasteiger partial charge >= 0.3 is 11.9 Å². The van der Waals surface area contributed by atoms with E-state index in [4.69, 9.17) is 14.2 Å². The van der Waals surface area contributed by atoms with Crippen molar-refractivity contribution in [1.82, 2.24) is 4.90 Å². The van der Waals surface area contributed by atoms with Gasteiger partial charge in [0.05, 0.1) is 25.9 Å². The number of nitrogens with zero attached hydrogens (tertiary/aromatic N) is 1. The Kier molecular flexibility index (Phi) is 34.1. The van der Waals surface area contributed by atoms with Crippen molar-refractivity contribution in [3.8, 4) is 0 Å². The minimum atomic E-state index is -0.0110. The first kappa shape index (κ1) is 53.9. The predicted octanol–water partition coefficient (Wildman–Crippen LogP) is 14.0. The first-order valence-corrected chi connectivity index (χ1v) is 23.8. The average Bonchev–Trinajstić information content (AvgIpc) is 3.10. The summed E-state index contributed by atoms with van der Waals surface area (Å²) in [6.45, 7) is 30.1. The van der Waals surface area contributed by atoms with Crippen LogP contribution in [0.3, 0.4) is 0 Å². The normalized spacial score (nSPS) is 13.9. The van der Waals surface area contributed by atoms with E-state index in [9.17, 15) is 9.59 Å². The summed E-state index contributed by atoms with van der Waals surface area (Å²) in [4.78, 5) is 27.2. The molecule has 2 atom stereocenters. The Hall–Kier alpha value is -1.14. The van der Waals surface area contributed by atoms with Crippen LogP contribution < -0.4 is 0 Å². The summed E-state index contributed by atoms with van der Waals surface area (Å²) in [5, 5.41) is 0. The number of carbonyl (C=O) groups excluding carboxylic acids is 2. The molecule has 0 saturated heterocycles. The van der Waals surface area contributed by atoms with Crippen molar-refractivity contribution in [3.63, 3.8) is 0 Å². The van der Waals surface area contributed by atoms with Gasteiger partial charge in [-0.05, 0) is 102 Å². The minimum absolute atomic E-state index is 0.0110. The molecule has 0 rings (SSSR count). The monoisotopic (exact) mass is 780 g/mol. The quantitative estimate of drug-likeness (QED) is 0.0459. The number of rotatable bonds is 38. The van der Waals surface area contributed by atoms with Gasteiger partial charge in [-0.2, -0.15) is 0 Å². The van der Waals surface area contributed by atoms with Crippen LogP contribution in [0.15, 0.2) is 0 Å². The average molecular weight is 780 g/mol. The molecule has 2 unspecified atom stereocenters. The molecular formula is C49H97NO5. The highest BCUT2D eigenvalue weighted by Gasteiger charge is 2.18. The van der Waals surface area contributed by atoms with Gasteiger partial charge in [-0.15, -0.1) is 0 Å². The molecule has 0 spiro atoms. The van der Waals surface area contributed by atoms with E-state index in [1.54, 1.807) is 0 Å². The second-order valence-electron chi connectivity index (χ2n) is 19.3. The van der Waals surface area contributed by atoms with Crippen LogP contribution in [0.2, 0.25) is 0 Å². The Labute approximate surface area is 344 Å². The fraction of sp³-hybridized carbons (Fsp3) is 0.959. The van der Waals surface area contributed by atoms with Gasteiger partial charge < -0.3 is 14.2 Å². The van der Waals surface area contributed by atoms with E-state index in [0.29, 0.717) is 79.8 Å². The van der Waals surface area contributed by atoms with E-state index in [2.05, 4.69) is 88.0 Å². The summed E-state index contributed by atoms with van der Waals surface area (Å²) in [6.07, 6.45) is 25.1. The predicted molar refractivity (Wildman–Crippen MR) is 237 cm³/mol. The minimum Gasteiger partial charge on any atom is -0.465 e. The third-order valence-corrected chi connectivity index (χ3v) is 11.9. The third kappa shape index (κ3) is 32.5. The second kappa shape index (κ2) is 34.9. The highest BCUT2D eigenvalue weighted by Crippen LogP contribution is 2.23. The van der Waals surface area contributed by atoms with Crippen molar-refractivity contribution in [3.05, 3.63) is 0 Å². The summed E-state index contributed by atoms with van der Waals surface area (Å²) in [5.41, 5.74) is 0. The first-order chi connectivity index (χ1) is 26.1. The molecular weight excluding hydrogens is 683 g/mol. The zero-order valence-corrected chi connectivity index (χ0v) is 39.1. The van der Waals surface area contributed by atoms with E-state index >= 15 is 0 Å². The Morgan fingerprint density at radius 2 is 0.782 bits per heavy atom. The zero-order chi connectivity index (χ0) is 41.4. The lowest BCUT2D eigenvalue weighted by Crippen LogP contribution is -2.39. The Balaban J connectivity index is 4.30. The molecule has 0 saturated carbocycles. The van der Waals surface area contributed by atoms with Crippen LogP contribution >= 0.6 is 0 Å². The standard InChI is InChI=1S/C49H97NO5/c1-39(2)31-33-45(41(5)6)37-54-48(51)29-25-21-17-13-15-19-23-27-47(53-36-35-50(43(9)10)44(11)12)28-24-20-16-14-18-22-26-30-49(52)55-38-46(42(7)8)34-32-40(3)4/h39-47H,13-38H2,1-12H3. The van der Waals surface area contributed by atoms with Crippen LogP contribution in [0.1, 0.15) is 224 Å². The molecule has 0 aromatic carbocycles. The van der Waals surface area contributed by atoms with Gasteiger partial charge in [-0.25, -0.2) is 0 Å². The molecule has 0 amide bonds. The van der Waals surface area contributed by atoms with Gasteiger partial charge in [-0.1, -0.05) is 145 Å². The van der Waals surface area contributed by atoms with Gasteiger partial charge in [0.2, 0.25) is 0 Å². The van der Waals surface area contributed by atoms with Gasteiger partial charge in [0.1, 0.15) is 0 Å². The SMILES string of the molecule is CC(C)CCC(COC(=O)CCCCCCCCCC(CCCCCCCCCC(=O)OCC(CCC(C)C)C(C)C)OCCN(C(C)C)C(C)C)C(C)C. The molecule has 6 nitrogen and oxygen atoms in total. The largest absolute Gasteiger partial charge is 0.465 e. The molecule has 0 aliphatic rings. The van der Waals surface area contributed by atoms with Crippen LogP contribution in [-0.2, 0) is 23.8 Å². The van der Waals surface area contributed by atoms with E-state index in [1.807, 2.05) is 0 Å². The van der Waals surface area contributed by atoms with Crippen molar-refractivity contribution < 1.29 is 23.8 Å². The molecule has 0 bridgehead atoms. The van der Waals surface area contributed by atoms with Gasteiger partial charge in [-0.3, -0.25) is 14.5 Å². The smallest absolute Gasteiger partial charge is 0.305 e. The molecule has 0 heterocycles. The lowest BCUT2D eigenvalue weighted by Gasteiger charge is -2.31. The zero-order valence-electron chi connectivity index (χ0n) is 39.1. The van der Waals surface area contributed by atoms with Gasteiger partial charge in [0, 0.05) is 31.5 Å². The maximum atomic E-state index is 12.3. The van der Waals surface area contributed by atoms with Crippen LogP contribution in [0.25, 0.3) is 0 Å². The molecule has 0 fully saturated rings. The maximum Gasteiger partial charge on any atom is 0.305 e. The van der Waals surface area contributed by atoms with E-state index in [1.165, 1.54) is 77.0 Å². The van der Waals surface area contributed by atoms with E-state index in [-0.39, 0.29) is 11.9 Å². The summed E-state index contributed by atoms with van der Waals surface area (Å²) in [6, 6.07) is 1.07. The summed E-state index contributed by atoms with van der Waals surface area (Å²) < 4.78 is 17.9. The number of hydrogen-bond acceptors (Lipinski definition) is 6. The lowest BCUT2D eigenvalue weighted by molar-refractivity contribution is -0.146. The summed E-state index contributed by atoms with van der Waals surface area (Å²) >= 11 is 0. The Morgan fingerprint density at radius 3 is 1.11 bits per heavy atom. The van der Waals surface area contributed by atoms with Gasteiger partial charge in [0.25, 0.3) is 0 Å². The van der Waals surface area contributed by atoms with Crippen molar-refractivity contribution in [1.29, 1.82) is 0 Å². The number of esters is 2. The highest BCUT2D eigenvalue weighted by molar-refractivity contribution is 5.69.